The van der Waals surface area contributed by atoms with E-state index in [1.165, 1.54) is 0 Å². The van der Waals surface area contributed by atoms with Crippen molar-refractivity contribution in [2.24, 2.45) is 0 Å². The summed E-state index contributed by atoms with van der Waals surface area (Å²) in [6.07, 6.45) is 3.54. The van der Waals surface area contributed by atoms with Gasteiger partial charge in [0.25, 0.3) is 0 Å². The highest BCUT2D eigenvalue weighted by Crippen LogP contribution is 2.11. The molecule has 0 aliphatic carbocycles. The molecule has 1 aromatic heterocycles. The zero-order valence-electron chi connectivity index (χ0n) is 12.0. The van der Waals surface area contributed by atoms with Gasteiger partial charge >= 0.3 is 5.69 Å². The summed E-state index contributed by atoms with van der Waals surface area (Å²) < 4.78 is 8.88. The molecule has 2 aromatic rings. The summed E-state index contributed by atoms with van der Waals surface area (Å²) in [7, 11) is 0. The van der Waals surface area contributed by atoms with E-state index in [4.69, 9.17) is 9.84 Å². The molecule has 2 rings (SSSR count). The average molecular weight is 286 g/mol. The van der Waals surface area contributed by atoms with E-state index in [9.17, 15) is 4.79 Å². The minimum atomic E-state index is -0.148. The summed E-state index contributed by atoms with van der Waals surface area (Å²) in [5.74, 6) is 6.13. The Morgan fingerprint density at radius 2 is 1.90 bits per heavy atom. The lowest BCUT2D eigenvalue weighted by atomic mass is 10.2. The Balaban J connectivity index is 1.88. The van der Waals surface area contributed by atoms with Crippen molar-refractivity contribution in [1.82, 2.24) is 9.13 Å². The smallest absolute Gasteiger partial charge is 0.328 e. The minimum Gasteiger partial charge on any atom is -0.492 e. The van der Waals surface area contributed by atoms with Crippen LogP contribution in [0, 0.1) is 11.8 Å². The van der Waals surface area contributed by atoms with Crippen LogP contribution < -0.4 is 10.4 Å². The van der Waals surface area contributed by atoms with E-state index in [2.05, 4.69) is 11.8 Å². The number of aryl methyl sites for hydroxylation is 1. The third-order valence-electron chi connectivity index (χ3n) is 3.03. The standard InChI is InChI=1S/C16H18N2O3/c1-2-17-9-10-18(16(17)20)11-13-21-15-7-5-14(6-8-15)4-3-12-19/h5-10,19H,2,11-13H2,1H3. The molecule has 0 aliphatic rings. The second kappa shape index (κ2) is 7.36. The number of aromatic nitrogens is 2. The van der Waals surface area contributed by atoms with Crippen LogP contribution in [0.3, 0.4) is 0 Å². The summed E-state index contributed by atoms with van der Waals surface area (Å²) >= 11 is 0. The average Bonchev–Trinajstić information content (AvgIpc) is 2.87. The number of hydrogen-bond acceptors (Lipinski definition) is 3. The fourth-order valence-electron chi connectivity index (χ4n) is 1.90. The van der Waals surface area contributed by atoms with Gasteiger partial charge in [0.05, 0.1) is 6.54 Å². The molecule has 0 atom stereocenters. The van der Waals surface area contributed by atoms with Gasteiger partial charge in [0.1, 0.15) is 19.0 Å². The summed E-state index contributed by atoms with van der Waals surface area (Å²) in [6.45, 7) is 3.39. The first-order valence-electron chi connectivity index (χ1n) is 6.82. The number of aliphatic hydroxyl groups is 1. The van der Waals surface area contributed by atoms with E-state index in [0.29, 0.717) is 19.7 Å². The molecule has 0 saturated carbocycles. The summed E-state index contributed by atoms with van der Waals surface area (Å²) in [6, 6.07) is 7.30. The molecule has 0 radical (unpaired) electrons. The zero-order valence-corrected chi connectivity index (χ0v) is 12.0. The summed E-state index contributed by atoms with van der Waals surface area (Å²) in [5.41, 5.74) is 0.809. The van der Waals surface area contributed by atoms with Crippen molar-refractivity contribution in [3.05, 3.63) is 52.7 Å². The quantitative estimate of drug-likeness (QED) is 0.837. The molecular weight excluding hydrogens is 268 g/mol. The highest BCUT2D eigenvalue weighted by Gasteiger charge is 2.01. The molecule has 0 bridgehead atoms. The van der Waals surface area contributed by atoms with Gasteiger partial charge in [0.2, 0.25) is 0 Å². The van der Waals surface area contributed by atoms with Crippen molar-refractivity contribution in [2.75, 3.05) is 13.2 Å². The van der Waals surface area contributed by atoms with Crippen LogP contribution in [-0.4, -0.2) is 27.5 Å². The van der Waals surface area contributed by atoms with Crippen LogP contribution in [0.15, 0.2) is 41.5 Å². The molecule has 110 valence electrons. The second-order valence-corrected chi connectivity index (χ2v) is 4.39. The van der Waals surface area contributed by atoms with Gasteiger partial charge < -0.3 is 9.84 Å². The van der Waals surface area contributed by atoms with Crippen molar-refractivity contribution in [3.8, 4) is 17.6 Å². The van der Waals surface area contributed by atoms with E-state index >= 15 is 0 Å². The molecule has 0 saturated heterocycles. The van der Waals surface area contributed by atoms with E-state index in [1.54, 1.807) is 21.5 Å². The third kappa shape index (κ3) is 4.01. The first kappa shape index (κ1) is 14.9. The van der Waals surface area contributed by atoms with Gasteiger partial charge in [-0.1, -0.05) is 11.8 Å². The maximum absolute atomic E-state index is 11.8. The van der Waals surface area contributed by atoms with Crippen LogP contribution in [0.1, 0.15) is 12.5 Å². The first-order chi connectivity index (χ1) is 10.2. The molecule has 0 spiro atoms. The van der Waals surface area contributed by atoms with Gasteiger partial charge in [-0.25, -0.2) is 4.79 Å². The number of hydrogen-bond donors (Lipinski definition) is 1. The largest absolute Gasteiger partial charge is 0.492 e. The molecule has 1 aromatic carbocycles. The van der Waals surface area contributed by atoms with Crippen LogP contribution in [0.5, 0.6) is 5.75 Å². The second-order valence-electron chi connectivity index (χ2n) is 4.39. The number of nitrogens with zero attached hydrogens (tertiary/aromatic N) is 2. The van der Waals surface area contributed by atoms with Crippen LogP contribution >= 0.6 is 0 Å². The highest BCUT2D eigenvalue weighted by atomic mass is 16.5. The summed E-state index contributed by atoms with van der Waals surface area (Å²) in [5, 5.41) is 8.62. The lowest BCUT2D eigenvalue weighted by molar-refractivity contribution is 0.296. The molecule has 0 fully saturated rings. The number of aliphatic hydroxyl groups excluding tert-OH is 1. The molecule has 0 unspecified atom stereocenters. The number of rotatable bonds is 5. The van der Waals surface area contributed by atoms with Crippen molar-refractivity contribution < 1.29 is 9.84 Å². The van der Waals surface area contributed by atoms with Gasteiger partial charge in [-0.05, 0) is 31.2 Å². The molecule has 5 nitrogen and oxygen atoms in total. The lowest BCUT2D eigenvalue weighted by Crippen LogP contribution is -2.25. The molecule has 21 heavy (non-hydrogen) atoms. The molecule has 1 heterocycles. The maximum atomic E-state index is 11.8. The van der Waals surface area contributed by atoms with Crippen molar-refractivity contribution in [1.29, 1.82) is 0 Å². The Bertz CT molecular complexity index is 687. The minimum absolute atomic E-state index is 0.0178. The SMILES string of the molecule is CCn1ccn(CCOc2ccc(C#CCO)cc2)c1=O. The van der Waals surface area contributed by atoms with Gasteiger partial charge in [-0.15, -0.1) is 0 Å². The van der Waals surface area contributed by atoms with E-state index < -0.39 is 0 Å². The normalized spacial score (nSPS) is 10.0. The van der Waals surface area contributed by atoms with Gasteiger partial charge in [0.15, 0.2) is 0 Å². The topological polar surface area (TPSA) is 56.4 Å². The maximum Gasteiger partial charge on any atom is 0.328 e. The van der Waals surface area contributed by atoms with E-state index in [-0.39, 0.29) is 12.3 Å². The Hall–Kier alpha value is -2.45. The van der Waals surface area contributed by atoms with Crippen molar-refractivity contribution in [2.45, 2.75) is 20.0 Å². The van der Waals surface area contributed by atoms with Crippen molar-refractivity contribution >= 4 is 0 Å². The predicted octanol–water partition coefficient (Wildman–Crippen LogP) is 1.09. The van der Waals surface area contributed by atoms with Crippen LogP contribution in [0.25, 0.3) is 0 Å². The predicted molar refractivity (Wildman–Crippen MR) is 80.3 cm³/mol. The van der Waals surface area contributed by atoms with Crippen LogP contribution in [0.4, 0.5) is 0 Å². The highest BCUT2D eigenvalue weighted by molar-refractivity contribution is 5.38. The van der Waals surface area contributed by atoms with E-state index in [0.717, 1.165) is 11.3 Å². The third-order valence-corrected chi connectivity index (χ3v) is 3.03. The molecule has 0 amide bonds. The molecule has 1 N–H and O–H groups in total. The van der Waals surface area contributed by atoms with Gasteiger partial charge in [-0.3, -0.25) is 9.13 Å². The lowest BCUT2D eigenvalue weighted by Gasteiger charge is -2.06. The zero-order chi connectivity index (χ0) is 15.1. The fraction of sp³-hybridized carbons (Fsp3) is 0.312. The fourth-order valence-corrected chi connectivity index (χ4v) is 1.90. The molecule has 5 heteroatoms. The van der Waals surface area contributed by atoms with Gasteiger partial charge in [-0.2, -0.15) is 0 Å². The van der Waals surface area contributed by atoms with Crippen LogP contribution in [-0.2, 0) is 13.1 Å². The Kier molecular flexibility index (Phi) is 5.24. The molecular formula is C16H18N2O3. The molecule has 0 aliphatic heterocycles. The van der Waals surface area contributed by atoms with Gasteiger partial charge in [0, 0.05) is 24.5 Å². The number of imidazole rings is 1. The monoisotopic (exact) mass is 286 g/mol. The Morgan fingerprint density at radius 3 is 2.52 bits per heavy atom. The number of ether oxygens (including phenoxy) is 1. The van der Waals surface area contributed by atoms with E-state index in [1.807, 2.05) is 31.2 Å². The number of benzene rings is 1. The Labute approximate surface area is 123 Å². The summed E-state index contributed by atoms with van der Waals surface area (Å²) in [4.78, 5) is 11.8. The first-order valence-corrected chi connectivity index (χ1v) is 6.82. The van der Waals surface area contributed by atoms with Crippen molar-refractivity contribution in [3.63, 3.8) is 0 Å². The Morgan fingerprint density at radius 1 is 1.19 bits per heavy atom. The van der Waals surface area contributed by atoms with Crippen LogP contribution in [0.2, 0.25) is 0 Å².